The number of anilines is 1. The van der Waals surface area contributed by atoms with E-state index in [2.05, 4.69) is 10.6 Å². The molecule has 2 heterocycles. The first-order valence-corrected chi connectivity index (χ1v) is 7.66. The summed E-state index contributed by atoms with van der Waals surface area (Å²) in [5.41, 5.74) is 1.46. The molecular formula is C16H22ClN3O2. The second-order valence-electron chi connectivity index (χ2n) is 5.70. The number of amides is 2. The van der Waals surface area contributed by atoms with E-state index in [4.69, 9.17) is 0 Å². The third-order valence-electron chi connectivity index (χ3n) is 4.17. The predicted octanol–water partition coefficient (Wildman–Crippen LogP) is 1.72. The van der Waals surface area contributed by atoms with E-state index >= 15 is 0 Å². The highest BCUT2D eigenvalue weighted by atomic mass is 35.5. The van der Waals surface area contributed by atoms with Gasteiger partial charge in [-0.2, -0.15) is 0 Å². The van der Waals surface area contributed by atoms with Gasteiger partial charge in [-0.05, 0) is 50.6 Å². The standard InChI is InChI=1S/C16H21N3O2.ClH/c20-15-5-2-10-19(15)14-4-1-3-12(11-14)16(21)18-13-6-8-17-9-7-13;/h1,3-4,11,13,17H,2,5-10H2,(H,18,21);1H. The first-order valence-electron chi connectivity index (χ1n) is 7.66. The van der Waals surface area contributed by atoms with Crippen LogP contribution >= 0.6 is 12.4 Å². The molecular weight excluding hydrogens is 302 g/mol. The number of carbonyl (C=O) groups is 2. The van der Waals surface area contributed by atoms with E-state index in [9.17, 15) is 9.59 Å². The average molecular weight is 324 g/mol. The minimum Gasteiger partial charge on any atom is -0.349 e. The van der Waals surface area contributed by atoms with E-state index in [0.717, 1.165) is 44.6 Å². The summed E-state index contributed by atoms with van der Waals surface area (Å²) < 4.78 is 0. The van der Waals surface area contributed by atoms with Gasteiger partial charge in [0.25, 0.3) is 5.91 Å². The summed E-state index contributed by atoms with van der Waals surface area (Å²) in [5.74, 6) is 0.0984. The van der Waals surface area contributed by atoms with Crippen LogP contribution in [0.5, 0.6) is 0 Å². The van der Waals surface area contributed by atoms with Gasteiger partial charge < -0.3 is 15.5 Å². The van der Waals surface area contributed by atoms with Gasteiger partial charge in [-0.25, -0.2) is 0 Å². The lowest BCUT2D eigenvalue weighted by Crippen LogP contribution is -2.42. The minimum absolute atomic E-state index is 0. The van der Waals surface area contributed by atoms with E-state index in [1.807, 2.05) is 18.2 Å². The molecule has 0 spiro atoms. The van der Waals surface area contributed by atoms with Gasteiger partial charge >= 0.3 is 0 Å². The van der Waals surface area contributed by atoms with E-state index in [1.54, 1.807) is 11.0 Å². The summed E-state index contributed by atoms with van der Waals surface area (Å²) in [4.78, 5) is 25.9. The lowest BCUT2D eigenvalue weighted by molar-refractivity contribution is -0.117. The number of piperidine rings is 1. The van der Waals surface area contributed by atoms with Gasteiger partial charge in [0.1, 0.15) is 0 Å². The zero-order valence-corrected chi connectivity index (χ0v) is 13.3. The molecule has 2 aliphatic heterocycles. The predicted molar refractivity (Wildman–Crippen MR) is 88.6 cm³/mol. The summed E-state index contributed by atoms with van der Waals surface area (Å²) in [7, 11) is 0. The Labute approximate surface area is 136 Å². The van der Waals surface area contributed by atoms with E-state index in [1.165, 1.54) is 0 Å². The average Bonchev–Trinajstić information content (AvgIpc) is 2.94. The van der Waals surface area contributed by atoms with Crippen LogP contribution in [0.1, 0.15) is 36.0 Å². The summed E-state index contributed by atoms with van der Waals surface area (Å²) in [5, 5.41) is 6.37. The fourth-order valence-corrected chi connectivity index (χ4v) is 2.97. The molecule has 0 aliphatic carbocycles. The van der Waals surface area contributed by atoms with Crippen molar-refractivity contribution in [2.75, 3.05) is 24.5 Å². The number of halogens is 1. The van der Waals surface area contributed by atoms with Crippen molar-refractivity contribution in [3.05, 3.63) is 29.8 Å². The van der Waals surface area contributed by atoms with Crippen LogP contribution in [0.2, 0.25) is 0 Å². The molecule has 0 aromatic heterocycles. The summed E-state index contributed by atoms with van der Waals surface area (Å²) in [6, 6.07) is 7.61. The third-order valence-corrected chi connectivity index (χ3v) is 4.17. The SMILES string of the molecule is Cl.O=C(NC1CCNCC1)c1cccc(N2CCCC2=O)c1. The molecule has 2 aliphatic rings. The van der Waals surface area contributed by atoms with Crippen LogP contribution in [-0.4, -0.2) is 37.5 Å². The Hall–Kier alpha value is -1.59. The molecule has 2 amide bonds. The molecule has 6 heteroatoms. The molecule has 1 aromatic carbocycles. The molecule has 1 aromatic rings. The maximum Gasteiger partial charge on any atom is 0.251 e. The summed E-state index contributed by atoms with van der Waals surface area (Å²) in [6.45, 7) is 2.65. The smallest absolute Gasteiger partial charge is 0.251 e. The monoisotopic (exact) mass is 323 g/mol. The highest BCUT2D eigenvalue weighted by Crippen LogP contribution is 2.22. The van der Waals surface area contributed by atoms with Crippen LogP contribution in [-0.2, 0) is 4.79 Å². The van der Waals surface area contributed by atoms with Gasteiger partial charge in [0.05, 0.1) is 0 Å². The molecule has 2 N–H and O–H groups in total. The lowest BCUT2D eigenvalue weighted by Gasteiger charge is -2.24. The van der Waals surface area contributed by atoms with Crippen LogP contribution in [0.15, 0.2) is 24.3 Å². The Morgan fingerprint density at radius 3 is 2.73 bits per heavy atom. The fraction of sp³-hybridized carbons (Fsp3) is 0.500. The van der Waals surface area contributed by atoms with E-state index in [-0.39, 0.29) is 30.3 Å². The molecule has 5 nitrogen and oxygen atoms in total. The number of carbonyl (C=O) groups excluding carboxylic acids is 2. The third kappa shape index (κ3) is 3.78. The second kappa shape index (κ2) is 7.61. The van der Waals surface area contributed by atoms with Crippen molar-refractivity contribution in [2.45, 2.75) is 31.7 Å². The molecule has 0 saturated carbocycles. The van der Waals surface area contributed by atoms with Gasteiger partial charge in [0.15, 0.2) is 0 Å². The van der Waals surface area contributed by atoms with Gasteiger partial charge in [-0.1, -0.05) is 6.07 Å². The normalized spacial score (nSPS) is 18.9. The molecule has 0 unspecified atom stereocenters. The summed E-state index contributed by atoms with van der Waals surface area (Å²) in [6.07, 6.45) is 3.43. The lowest BCUT2D eigenvalue weighted by atomic mass is 10.1. The van der Waals surface area contributed by atoms with Crippen molar-refractivity contribution in [2.24, 2.45) is 0 Å². The molecule has 2 saturated heterocycles. The highest BCUT2D eigenvalue weighted by molar-refractivity contribution is 5.99. The quantitative estimate of drug-likeness (QED) is 0.890. The zero-order chi connectivity index (χ0) is 14.7. The molecule has 3 rings (SSSR count). The zero-order valence-electron chi connectivity index (χ0n) is 12.5. The van der Waals surface area contributed by atoms with Crippen LogP contribution < -0.4 is 15.5 Å². The van der Waals surface area contributed by atoms with Crippen LogP contribution in [0, 0.1) is 0 Å². The van der Waals surface area contributed by atoms with E-state index in [0.29, 0.717) is 12.0 Å². The minimum atomic E-state index is -0.0459. The van der Waals surface area contributed by atoms with Gasteiger partial charge in [0, 0.05) is 30.3 Å². The number of nitrogens with one attached hydrogen (secondary N) is 2. The largest absolute Gasteiger partial charge is 0.349 e. The van der Waals surface area contributed by atoms with Crippen molar-refractivity contribution >= 4 is 29.9 Å². The number of rotatable bonds is 3. The van der Waals surface area contributed by atoms with Crippen molar-refractivity contribution in [1.82, 2.24) is 10.6 Å². The number of benzene rings is 1. The first kappa shape index (κ1) is 16.8. The topological polar surface area (TPSA) is 61.4 Å². The molecule has 22 heavy (non-hydrogen) atoms. The van der Waals surface area contributed by atoms with Crippen molar-refractivity contribution in [1.29, 1.82) is 0 Å². The summed E-state index contributed by atoms with van der Waals surface area (Å²) >= 11 is 0. The number of hydrogen-bond donors (Lipinski definition) is 2. The van der Waals surface area contributed by atoms with Crippen LogP contribution in [0.4, 0.5) is 5.69 Å². The maximum absolute atomic E-state index is 12.3. The van der Waals surface area contributed by atoms with Gasteiger partial charge in [0.2, 0.25) is 5.91 Å². The Kier molecular flexibility index (Phi) is 5.80. The van der Waals surface area contributed by atoms with Crippen molar-refractivity contribution in [3.63, 3.8) is 0 Å². The van der Waals surface area contributed by atoms with E-state index < -0.39 is 0 Å². The second-order valence-corrected chi connectivity index (χ2v) is 5.70. The Morgan fingerprint density at radius 2 is 2.05 bits per heavy atom. The number of nitrogens with zero attached hydrogens (tertiary/aromatic N) is 1. The van der Waals surface area contributed by atoms with Gasteiger partial charge in [-0.15, -0.1) is 12.4 Å². The highest BCUT2D eigenvalue weighted by Gasteiger charge is 2.23. The Bertz CT molecular complexity index is 544. The molecule has 0 radical (unpaired) electrons. The molecule has 2 fully saturated rings. The Morgan fingerprint density at radius 1 is 1.27 bits per heavy atom. The molecule has 0 atom stereocenters. The maximum atomic E-state index is 12.3. The molecule has 120 valence electrons. The first-order chi connectivity index (χ1) is 10.2. The van der Waals surface area contributed by atoms with Gasteiger partial charge in [-0.3, -0.25) is 9.59 Å². The number of hydrogen-bond acceptors (Lipinski definition) is 3. The van der Waals surface area contributed by atoms with Crippen LogP contribution in [0.25, 0.3) is 0 Å². The van der Waals surface area contributed by atoms with Crippen LogP contribution in [0.3, 0.4) is 0 Å². The Balaban J connectivity index is 0.00000176. The molecule has 0 bridgehead atoms. The fourth-order valence-electron chi connectivity index (χ4n) is 2.97. The van der Waals surface area contributed by atoms with Crippen molar-refractivity contribution < 1.29 is 9.59 Å². The van der Waals surface area contributed by atoms with Crippen molar-refractivity contribution in [3.8, 4) is 0 Å².